The lowest BCUT2D eigenvalue weighted by molar-refractivity contribution is -0.139. The van der Waals surface area contributed by atoms with Gasteiger partial charge in [0.15, 0.2) is 0 Å². The maximum absolute atomic E-state index is 13.4. The Morgan fingerprint density at radius 3 is 2.17 bits per heavy atom. The van der Waals surface area contributed by atoms with Crippen LogP contribution in [0.5, 0.6) is 0 Å². The molecule has 4 rings (SSSR count). The first kappa shape index (κ1) is 24.8. The number of likely N-dealkylation sites (N-methyl/N-ethyl adjacent to an activating group) is 1. The minimum atomic E-state index is -1.01. The lowest BCUT2D eigenvalue weighted by Crippen LogP contribution is -2.53. The van der Waals surface area contributed by atoms with Gasteiger partial charge in [0, 0.05) is 24.9 Å². The number of carbonyl (C=O) groups is 3. The third-order valence-corrected chi connectivity index (χ3v) is 7.53. The number of fused-ring (bicyclic) bond motifs is 3. The van der Waals surface area contributed by atoms with Crippen LogP contribution in [-0.4, -0.2) is 53.2 Å². The van der Waals surface area contributed by atoms with E-state index in [4.69, 9.17) is 4.74 Å². The molecule has 2 amide bonds. The summed E-state index contributed by atoms with van der Waals surface area (Å²) in [6.07, 6.45) is 2.45. The molecule has 1 fully saturated rings. The molecule has 7 heteroatoms. The normalized spacial score (nSPS) is 16.4. The van der Waals surface area contributed by atoms with Gasteiger partial charge in [-0.05, 0) is 61.3 Å². The second-order valence-corrected chi connectivity index (χ2v) is 9.51. The number of aliphatic carboxylic acids is 1. The van der Waals surface area contributed by atoms with E-state index in [0.29, 0.717) is 12.5 Å². The van der Waals surface area contributed by atoms with Crippen LogP contribution in [0.2, 0.25) is 0 Å². The van der Waals surface area contributed by atoms with E-state index in [2.05, 4.69) is 17.4 Å². The van der Waals surface area contributed by atoms with Gasteiger partial charge in [-0.2, -0.15) is 0 Å². The minimum Gasteiger partial charge on any atom is -0.481 e. The third-order valence-electron chi connectivity index (χ3n) is 7.53. The van der Waals surface area contributed by atoms with E-state index in [1.54, 1.807) is 4.90 Å². The van der Waals surface area contributed by atoms with E-state index in [-0.39, 0.29) is 37.3 Å². The predicted molar refractivity (Wildman–Crippen MR) is 133 cm³/mol. The van der Waals surface area contributed by atoms with Crippen molar-refractivity contribution in [3.63, 3.8) is 0 Å². The summed E-state index contributed by atoms with van der Waals surface area (Å²) in [6.45, 7) is 4.59. The fraction of sp³-hybridized carbons (Fsp3) is 0.464. The van der Waals surface area contributed by atoms with Crippen molar-refractivity contribution in [1.29, 1.82) is 0 Å². The summed E-state index contributed by atoms with van der Waals surface area (Å²) in [5, 5.41) is 11.9. The molecule has 1 saturated carbocycles. The summed E-state index contributed by atoms with van der Waals surface area (Å²) in [4.78, 5) is 39.2. The van der Waals surface area contributed by atoms with Crippen LogP contribution in [0, 0.1) is 5.92 Å². The molecule has 7 nitrogen and oxygen atoms in total. The molecule has 0 bridgehead atoms. The van der Waals surface area contributed by atoms with Crippen LogP contribution < -0.4 is 5.32 Å². The number of hydrogen-bond donors (Lipinski definition) is 2. The zero-order chi connectivity index (χ0) is 24.9. The fourth-order valence-corrected chi connectivity index (χ4v) is 5.33. The molecule has 0 aliphatic heterocycles. The molecule has 2 aliphatic carbocycles. The molecule has 2 aromatic carbocycles. The van der Waals surface area contributed by atoms with Crippen LogP contribution in [0.4, 0.5) is 4.79 Å². The Kier molecular flexibility index (Phi) is 7.73. The van der Waals surface area contributed by atoms with Crippen LogP contribution >= 0.6 is 0 Å². The van der Waals surface area contributed by atoms with Crippen LogP contribution in [-0.2, 0) is 14.3 Å². The standard InChI is InChI=1S/C28H34N2O5/c1-3-30(18(2)19-9-8-10-19)27(33)25(15-16-26(31)32)29-28(34)35-17-24-22-13-6-4-11-20(22)21-12-5-7-14-23(21)24/h4-7,11-14,18-19,24-25H,3,8-10,15-17H2,1-2H3,(H,29,34)(H,31,32). The molecule has 0 heterocycles. The van der Waals surface area contributed by atoms with Gasteiger partial charge in [0.1, 0.15) is 12.6 Å². The second-order valence-electron chi connectivity index (χ2n) is 9.51. The van der Waals surface area contributed by atoms with E-state index in [1.807, 2.05) is 50.2 Å². The number of carboxylic acid groups (broad SMARTS) is 1. The van der Waals surface area contributed by atoms with E-state index >= 15 is 0 Å². The molecule has 2 aliphatic rings. The van der Waals surface area contributed by atoms with Crippen LogP contribution in [0.25, 0.3) is 11.1 Å². The van der Waals surface area contributed by atoms with E-state index in [0.717, 1.165) is 35.1 Å². The Balaban J connectivity index is 1.43. The Bertz CT molecular complexity index is 1040. The highest BCUT2D eigenvalue weighted by atomic mass is 16.5. The molecule has 35 heavy (non-hydrogen) atoms. The van der Waals surface area contributed by atoms with Gasteiger partial charge in [-0.25, -0.2) is 4.79 Å². The SMILES string of the molecule is CCN(C(=O)C(CCC(=O)O)NC(=O)OCC1c2ccccc2-c2ccccc21)C(C)C1CCC1. The highest BCUT2D eigenvalue weighted by Gasteiger charge is 2.35. The number of rotatable bonds is 10. The van der Waals surface area contributed by atoms with Gasteiger partial charge in [-0.3, -0.25) is 9.59 Å². The predicted octanol–water partition coefficient (Wildman–Crippen LogP) is 4.80. The third kappa shape index (κ3) is 5.34. The molecular formula is C28H34N2O5. The number of alkyl carbamates (subject to hydrolysis) is 1. The summed E-state index contributed by atoms with van der Waals surface area (Å²) in [7, 11) is 0. The molecular weight excluding hydrogens is 444 g/mol. The summed E-state index contributed by atoms with van der Waals surface area (Å²) in [5.41, 5.74) is 4.48. The van der Waals surface area contributed by atoms with Crippen molar-refractivity contribution >= 4 is 18.0 Å². The van der Waals surface area contributed by atoms with Crippen molar-refractivity contribution in [1.82, 2.24) is 10.2 Å². The van der Waals surface area contributed by atoms with Crippen LogP contribution in [0.3, 0.4) is 0 Å². The number of carboxylic acids is 1. The van der Waals surface area contributed by atoms with Crippen molar-refractivity contribution < 1.29 is 24.2 Å². The monoisotopic (exact) mass is 478 g/mol. The molecule has 2 atom stereocenters. The molecule has 2 N–H and O–H groups in total. The quantitative estimate of drug-likeness (QED) is 0.512. The highest BCUT2D eigenvalue weighted by Crippen LogP contribution is 2.44. The van der Waals surface area contributed by atoms with E-state index in [9.17, 15) is 19.5 Å². The molecule has 0 spiro atoms. The Labute approximate surface area is 206 Å². The molecule has 186 valence electrons. The second kappa shape index (κ2) is 10.9. The molecule has 2 aromatic rings. The average molecular weight is 479 g/mol. The number of nitrogens with zero attached hydrogens (tertiary/aromatic N) is 1. The average Bonchev–Trinajstić information content (AvgIpc) is 3.13. The first-order valence-electron chi connectivity index (χ1n) is 12.5. The van der Waals surface area contributed by atoms with Gasteiger partial charge >= 0.3 is 12.1 Å². The van der Waals surface area contributed by atoms with Crippen LogP contribution in [0.15, 0.2) is 48.5 Å². The van der Waals surface area contributed by atoms with Crippen molar-refractivity contribution in [2.75, 3.05) is 13.2 Å². The number of amides is 2. The van der Waals surface area contributed by atoms with E-state index in [1.165, 1.54) is 6.42 Å². The first-order valence-corrected chi connectivity index (χ1v) is 12.5. The maximum atomic E-state index is 13.4. The van der Waals surface area contributed by atoms with Gasteiger partial charge in [-0.1, -0.05) is 55.0 Å². The van der Waals surface area contributed by atoms with Crippen molar-refractivity contribution in [3.05, 3.63) is 59.7 Å². The first-order chi connectivity index (χ1) is 16.9. The highest BCUT2D eigenvalue weighted by molar-refractivity contribution is 5.86. The van der Waals surface area contributed by atoms with Gasteiger partial charge < -0.3 is 20.1 Å². The van der Waals surface area contributed by atoms with Gasteiger partial charge in [-0.15, -0.1) is 0 Å². The van der Waals surface area contributed by atoms with Crippen molar-refractivity contribution in [2.24, 2.45) is 5.92 Å². The van der Waals surface area contributed by atoms with Crippen molar-refractivity contribution in [2.45, 2.75) is 64.0 Å². The maximum Gasteiger partial charge on any atom is 0.407 e. The Hall–Kier alpha value is -3.35. The number of nitrogens with one attached hydrogen (secondary N) is 1. The fourth-order valence-electron chi connectivity index (χ4n) is 5.33. The zero-order valence-electron chi connectivity index (χ0n) is 20.4. The zero-order valence-corrected chi connectivity index (χ0v) is 20.4. The summed E-state index contributed by atoms with van der Waals surface area (Å²) < 4.78 is 5.61. The van der Waals surface area contributed by atoms with Crippen molar-refractivity contribution in [3.8, 4) is 11.1 Å². The van der Waals surface area contributed by atoms with Gasteiger partial charge in [0.25, 0.3) is 0 Å². The van der Waals surface area contributed by atoms with Gasteiger partial charge in [0.2, 0.25) is 5.91 Å². The van der Waals surface area contributed by atoms with Crippen LogP contribution in [0.1, 0.15) is 63.0 Å². The largest absolute Gasteiger partial charge is 0.481 e. The van der Waals surface area contributed by atoms with E-state index < -0.39 is 18.1 Å². The number of ether oxygens (including phenoxy) is 1. The Morgan fingerprint density at radius 1 is 1.06 bits per heavy atom. The number of benzene rings is 2. The summed E-state index contributed by atoms with van der Waals surface area (Å²) >= 11 is 0. The van der Waals surface area contributed by atoms with Gasteiger partial charge in [0.05, 0.1) is 0 Å². The lowest BCUT2D eigenvalue weighted by Gasteiger charge is -2.40. The summed E-state index contributed by atoms with van der Waals surface area (Å²) in [6, 6.07) is 15.3. The topological polar surface area (TPSA) is 95.9 Å². The Morgan fingerprint density at radius 2 is 1.66 bits per heavy atom. The lowest BCUT2D eigenvalue weighted by atomic mass is 9.79. The molecule has 2 unspecified atom stereocenters. The molecule has 0 saturated heterocycles. The number of hydrogen-bond acceptors (Lipinski definition) is 4. The smallest absolute Gasteiger partial charge is 0.407 e. The summed E-state index contributed by atoms with van der Waals surface area (Å²) in [5.74, 6) is -0.894. The minimum absolute atomic E-state index is 0.0201. The molecule has 0 radical (unpaired) electrons. The number of carbonyl (C=O) groups excluding carboxylic acids is 2. The molecule has 0 aromatic heterocycles.